The van der Waals surface area contributed by atoms with Gasteiger partial charge >= 0.3 is 0 Å². The van der Waals surface area contributed by atoms with E-state index in [0.29, 0.717) is 6.54 Å². The number of fused-ring (bicyclic) bond motifs is 1. The second kappa shape index (κ2) is 4.51. The lowest BCUT2D eigenvalue weighted by molar-refractivity contribution is 0.494. The molecular weight excluding hydrogens is 232 g/mol. The van der Waals surface area contributed by atoms with Crippen LogP contribution in [0.2, 0.25) is 5.02 Å². The summed E-state index contributed by atoms with van der Waals surface area (Å²) in [5.41, 5.74) is 7.93. The third-order valence-electron chi connectivity index (χ3n) is 4.31. The van der Waals surface area contributed by atoms with E-state index in [9.17, 15) is 0 Å². The molecule has 1 aliphatic carbocycles. The maximum absolute atomic E-state index is 6.35. The fourth-order valence-corrected chi connectivity index (χ4v) is 3.69. The van der Waals surface area contributed by atoms with Gasteiger partial charge in [0, 0.05) is 19.6 Å². The van der Waals surface area contributed by atoms with Crippen molar-refractivity contribution >= 4 is 17.3 Å². The summed E-state index contributed by atoms with van der Waals surface area (Å²) in [6.07, 6.45) is 4.22. The number of hydrogen-bond donors (Lipinski definition) is 1. The van der Waals surface area contributed by atoms with Gasteiger partial charge in [-0.05, 0) is 42.4 Å². The minimum atomic E-state index is 0.561. The molecule has 2 unspecified atom stereocenters. The van der Waals surface area contributed by atoms with Gasteiger partial charge in [0.1, 0.15) is 0 Å². The predicted octanol–water partition coefficient (Wildman–Crippen LogP) is 3.04. The largest absolute Gasteiger partial charge is 0.370 e. The van der Waals surface area contributed by atoms with Crippen LogP contribution in [0.5, 0.6) is 0 Å². The molecule has 1 saturated heterocycles. The Kier molecular flexibility index (Phi) is 3.01. The Morgan fingerprint density at radius 1 is 1.24 bits per heavy atom. The summed E-state index contributed by atoms with van der Waals surface area (Å²) in [6.45, 7) is 2.93. The first-order valence-electron chi connectivity index (χ1n) is 6.51. The van der Waals surface area contributed by atoms with Crippen LogP contribution in [0, 0.1) is 11.8 Å². The van der Waals surface area contributed by atoms with E-state index >= 15 is 0 Å². The zero-order valence-corrected chi connectivity index (χ0v) is 10.8. The highest BCUT2D eigenvalue weighted by Gasteiger charge is 2.36. The van der Waals surface area contributed by atoms with Crippen LogP contribution >= 0.6 is 11.6 Å². The molecule has 2 aliphatic rings. The van der Waals surface area contributed by atoms with Crippen molar-refractivity contribution in [3.63, 3.8) is 0 Å². The molecule has 0 bridgehead atoms. The molecule has 1 saturated carbocycles. The average Bonchev–Trinajstić information content (AvgIpc) is 2.89. The van der Waals surface area contributed by atoms with Gasteiger partial charge in [-0.15, -0.1) is 0 Å². The molecule has 0 aromatic heterocycles. The summed E-state index contributed by atoms with van der Waals surface area (Å²) in [4.78, 5) is 2.46. The van der Waals surface area contributed by atoms with E-state index < -0.39 is 0 Å². The highest BCUT2D eigenvalue weighted by Crippen LogP contribution is 2.41. The average molecular weight is 251 g/mol. The van der Waals surface area contributed by atoms with Crippen LogP contribution in [0.1, 0.15) is 24.8 Å². The van der Waals surface area contributed by atoms with Gasteiger partial charge in [0.25, 0.3) is 0 Å². The number of anilines is 1. The van der Waals surface area contributed by atoms with E-state index in [2.05, 4.69) is 17.0 Å². The second-order valence-corrected chi connectivity index (χ2v) is 5.75. The van der Waals surface area contributed by atoms with E-state index in [4.69, 9.17) is 17.3 Å². The van der Waals surface area contributed by atoms with Gasteiger partial charge in [0.15, 0.2) is 0 Å². The molecule has 1 heterocycles. The third-order valence-corrected chi connectivity index (χ3v) is 4.62. The Bertz CT molecular complexity index is 407. The zero-order chi connectivity index (χ0) is 11.8. The quantitative estimate of drug-likeness (QED) is 0.874. The Labute approximate surface area is 108 Å². The zero-order valence-electron chi connectivity index (χ0n) is 10.0. The molecular formula is C14H19ClN2. The number of nitrogens with two attached hydrogens (primary N) is 1. The first kappa shape index (κ1) is 11.4. The summed E-state index contributed by atoms with van der Waals surface area (Å²) in [6, 6.07) is 6.23. The van der Waals surface area contributed by atoms with E-state index in [0.717, 1.165) is 22.4 Å². The number of nitrogens with zero attached hydrogens (tertiary/aromatic N) is 1. The number of benzene rings is 1. The van der Waals surface area contributed by atoms with Gasteiger partial charge in [-0.1, -0.05) is 24.1 Å². The summed E-state index contributed by atoms with van der Waals surface area (Å²) < 4.78 is 0. The monoisotopic (exact) mass is 250 g/mol. The van der Waals surface area contributed by atoms with Crippen molar-refractivity contribution in [2.45, 2.75) is 25.8 Å². The van der Waals surface area contributed by atoms with Crippen LogP contribution in [-0.4, -0.2) is 13.1 Å². The molecule has 1 aromatic rings. The van der Waals surface area contributed by atoms with Gasteiger partial charge in [-0.2, -0.15) is 0 Å². The molecule has 3 heteroatoms. The van der Waals surface area contributed by atoms with Crippen LogP contribution in [0.25, 0.3) is 0 Å². The van der Waals surface area contributed by atoms with Crippen LogP contribution in [0.3, 0.4) is 0 Å². The number of halogens is 1. The van der Waals surface area contributed by atoms with Crippen LogP contribution in [0.15, 0.2) is 18.2 Å². The lowest BCUT2D eigenvalue weighted by Gasteiger charge is -2.21. The predicted molar refractivity (Wildman–Crippen MR) is 72.4 cm³/mol. The van der Waals surface area contributed by atoms with E-state index in [-0.39, 0.29) is 0 Å². The first-order chi connectivity index (χ1) is 8.28. The van der Waals surface area contributed by atoms with Crippen molar-refractivity contribution in [3.8, 4) is 0 Å². The molecule has 2 fully saturated rings. The molecule has 0 amide bonds. The second-order valence-electron chi connectivity index (χ2n) is 5.35. The van der Waals surface area contributed by atoms with Crippen molar-refractivity contribution in [2.24, 2.45) is 17.6 Å². The van der Waals surface area contributed by atoms with Gasteiger partial charge in [0.05, 0.1) is 10.7 Å². The molecule has 2 nitrogen and oxygen atoms in total. The number of hydrogen-bond acceptors (Lipinski definition) is 2. The minimum absolute atomic E-state index is 0.561. The van der Waals surface area contributed by atoms with E-state index in [1.807, 2.05) is 6.07 Å². The van der Waals surface area contributed by atoms with Crippen LogP contribution < -0.4 is 10.6 Å². The highest BCUT2D eigenvalue weighted by molar-refractivity contribution is 6.33. The Balaban J connectivity index is 1.81. The molecule has 3 rings (SSSR count). The van der Waals surface area contributed by atoms with Crippen LogP contribution in [-0.2, 0) is 6.54 Å². The molecule has 92 valence electrons. The summed E-state index contributed by atoms with van der Waals surface area (Å²) >= 11 is 6.35. The van der Waals surface area contributed by atoms with Gasteiger partial charge in [-0.3, -0.25) is 0 Å². The summed E-state index contributed by atoms with van der Waals surface area (Å²) in [7, 11) is 0. The Morgan fingerprint density at radius 2 is 1.94 bits per heavy atom. The first-order valence-corrected chi connectivity index (χ1v) is 6.89. The van der Waals surface area contributed by atoms with Gasteiger partial charge < -0.3 is 10.6 Å². The molecule has 17 heavy (non-hydrogen) atoms. The van der Waals surface area contributed by atoms with Crippen molar-refractivity contribution in [1.29, 1.82) is 0 Å². The molecule has 0 radical (unpaired) electrons. The maximum atomic E-state index is 6.35. The lowest BCUT2D eigenvalue weighted by Crippen LogP contribution is -2.21. The minimum Gasteiger partial charge on any atom is -0.370 e. The standard InChI is InChI=1S/C14H19ClN2/c15-13-6-10(7-16)4-5-14(13)17-8-11-2-1-3-12(11)9-17/h4-6,11-12H,1-3,7-9,16H2. The molecule has 0 spiro atoms. The van der Waals surface area contributed by atoms with Crippen molar-refractivity contribution < 1.29 is 0 Å². The van der Waals surface area contributed by atoms with Crippen molar-refractivity contribution in [1.82, 2.24) is 0 Å². The molecule has 1 aromatic carbocycles. The van der Waals surface area contributed by atoms with Gasteiger partial charge in [-0.25, -0.2) is 0 Å². The normalized spacial score (nSPS) is 27.5. The fourth-order valence-electron chi connectivity index (χ4n) is 3.37. The summed E-state index contributed by atoms with van der Waals surface area (Å²) in [5, 5.41) is 0.855. The maximum Gasteiger partial charge on any atom is 0.0642 e. The Hall–Kier alpha value is -0.730. The Morgan fingerprint density at radius 3 is 2.53 bits per heavy atom. The van der Waals surface area contributed by atoms with Gasteiger partial charge in [0.2, 0.25) is 0 Å². The van der Waals surface area contributed by atoms with Crippen LogP contribution in [0.4, 0.5) is 5.69 Å². The molecule has 2 N–H and O–H groups in total. The lowest BCUT2D eigenvalue weighted by atomic mass is 10.0. The van der Waals surface area contributed by atoms with E-state index in [1.54, 1.807) is 0 Å². The van der Waals surface area contributed by atoms with E-state index in [1.165, 1.54) is 38.0 Å². The topological polar surface area (TPSA) is 29.3 Å². The molecule has 2 atom stereocenters. The highest BCUT2D eigenvalue weighted by atomic mass is 35.5. The fraction of sp³-hybridized carbons (Fsp3) is 0.571. The summed E-state index contributed by atoms with van der Waals surface area (Å²) in [5.74, 6) is 1.81. The third kappa shape index (κ3) is 2.04. The van der Waals surface area contributed by atoms with Crippen molar-refractivity contribution in [3.05, 3.63) is 28.8 Å². The molecule has 1 aliphatic heterocycles. The number of rotatable bonds is 2. The SMILES string of the molecule is NCc1ccc(N2CC3CCCC3C2)c(Cl)c1. The smallest absolute Gasteiger partial charge is 0.0642 e. The van der Waals surface area contributed by atoms with Crippen molar-refractivity contribution in [2.75, 3.05) is 18.0 Å².